The van der Waals surface area contributed by atoms with Gasteiger partial charge in [-0.2, -0.15) is 5.26 Å². The zero-order valence-electron chi connectivity index (χ0n) is 16.8. The van der Waals surface area contributed by atoms with Gasteiger partial charge in [0.1, 0.15) is 11.6 Å². The van der Waals surface area contributed by atoms with Gasteiger partial charge in [0.2, 0.25) is 0 Å². The molecule has 0 unspecified atom stereocenters. The average Bonchev–Trinajstić information content (AvgIpc) is 3.16. The molecule has 0 atom stereocenters. The van der Waals surface area contributed by atoms with E-state index in [9.17, 15) is 5.26 Å². The van der Waals surface area contributed by atoms with Gasteiger partial charge in [0.25, 0.3) is 0 Å². The van der Waals surface area contributed by atoms with Crippen molar-refractivity contribution in [3.63, 3.8) is 0 Å². The van der Waals surface area contributed by atoms with E-state index in [-0.39, 0.29) is 0 Å². The largest absolute Gasteiger partial charge is 0.454 e. The van der Waals surface area contributed by atoms with E-state index in [1.165, 1.54) is 0 Å². The first kappa shape index (κ1) is 17.9. The highest BCUT2D eigenvalue weighted by molar-refractivity contribution is 5.90. The van der Waals surface area contributed by atoms with Gasteiger partial charge in [0.15, 0.2) is 11.4 Å². The van der Waals surface area contributed by atoms with Crippen LogP contribution in [0.3, 0.4) is 0 Å². The molecule has 0 spiro atoms. The van der Waals surface area contributed by atoms with Gasteiger partial charge in [-0.15, -0.1) is 0 Å². The second-order valence-corrected chi connectivity index (χ2v) is 7.50. The Balaban J connectivity index is 1.71. The second kappa shape index (κ2) is 6.84. The minimum absolute atomic E-state index is 0.415. The molecule has 0 aliphatic carbocycles. The van der Waals surface area contributed by atoms with Crippen LogP contribution in [0.1, 0.15) is 5.56 Å². The summed E-state index contributed by atoms with van der Waals surface area (Å²) in [6.45, 7) is 7.42. The number of fused-ring (bicyclic) bond motifs is 7. The summed E-state index contributed by atoms with van der Waals surface area (Å²) in [4.78, 5) is 8.48. The van der Waals surface area contributed by atoms with Gasteiger partial charge in [0.05, 0.1) is 34.9 Å². The molecule has 6 rings (SSSR count). The molecule has 5 heteroatoms. The molecule has 5 nitrogen and oxygen atoms in total. The number of para-hydroxylation sites is 5. The van der Waals surface area contributed by atoms with Crippen molar-refractivity contribution in [3.05, 3.63) is 102 Å². The monoisotopic (exact) mass is 410 g/mol. The number of hydrogen-bond donors (Lipinski definition) is 0. The van der Waals surface area contributed by atoms with Crippen LogP contribution in [0.5, 0.6) is 11.5 Å². The van der Waals surface area contributed by atoms with Crippen LogP contribution in [0.25, 0.3) is 44.1 Å². The van der Waals surface area contributed by atoms with E-state index in [1.54, 1.807) is 18.2 Å². The number of nitriles is 1. The van der Waals surface area contributed by atoms with Gasteiger partial charge >= 0.3 is 0 Å². The minimum atomic E-state index is 0.415. The summed E-state index contributed by atoms with van der Waals surface area (Å²) in [7, 11) is 0. The maximum absolute atomic E-state index is 9.46. The highest BCUT2D eigenvalue weighted by atomic mass is 16.5. The van der Waals surface area contributed by atoms with Crippen LogP contribution in [-0.4, -0.2) is 9.55 Å². The van der Waals surface area contributed by atoms with Crippen LogP contribution in [0.4, 0.5) is 5.69 Å². The average molecular weight is 410 g/mol. The predicted molar refractivity (Wildman–Crippen MR) is 123 cm³/mol. The molecular weight excluding hydrogens is 396 g/mol. The maximum atomic E-state index is 9.46. The molecule has 1 aliphatic heterocycles. The minimum Gasteiger partial charge on any atom is -0.454 e. The molecule has 148 valence electrons. The molecule has 1 aromatic heterocycles. The zero-order chi connectivity index (χ0) is 21.7. The van der Waals surface area contributed by atoms with E-state index in [2.05, 4.69) is 21.5 Å². The summed E-state index contributed by atoms with van der Waals surface area (Å²) >= 11 is 0. The van der Waals surface area contributed by atoms with Gasteiger partial charge in [-0.25, -0.2) is 9.83 Å². The van der Waals surface area contributed by atoms with Crippen molar-refractivity contribution in [2.24, 2.45) is 0 Å². The number of ether oxygens (including phenoxy) is 1. The Morgan fingerprint density at radius 2 is 1.72 bits per heavy atom. The Morgan fingerprint density at radius 1 is 0.906 bits per heavy atom. The molecule has 1 aliphatic rings. The normalized spacial score (nSPS) is 11.3. The summed E-state index contributed by atoms with van der Waals surface area (Å²) in [6, 6.07) is 29.1. The lowest BCUT2D eigenvalue weighted by atomic mass is 9.98. The smallest absolute Gasteiger partial charge is 0.189 e. The Bertz CT molecular complexity index is 1600. The maximum Gasteiger partial charge on any atom is 0.189 e. The van der Waals surface area contributed by atoms with E-state index < -0.39 is 0 Å². The third-order valence-electron chi connectivity index (χ3n) is 5.62. The highest BCUT2D eigenvalue weighted by Crippen LogP contribution is 2.47. The molecule has 0 saturated carbocycles. The molecule has 32 heavy (non-hydrogen) atoms. The molecule has 0 N–H and O–H groups in total. The van der Waals surface area contributed by atoms with Gasteiger partial charge in [-0.1, -0.05) is 36.4 Å². The Labute approximate surface area is 184 Å². The summed E-state index contributed by atoms with van der Waals surface area (Å²) < 4.78 is 8.63. The Hall–Kier alpha value is -4.87. The van der Waals surface area contributed by atoms with Crippen molar-refractivity contribution in [1.82, 2.24) is 9.55 Å². The lowest BCUT2D eigenvalue weighted by Gasteiger charge is -2.14. The van der Waals surface area contributed by atoms with E-state index >= 15 is 0 Å². The van der Waals surface area contributed by atoms with Crippen LogP contribution in [0, 0.1) is 17.9 Å². The summed E-state index contributed by atoms with van der Waals surface area (Å²) in [5.41, 5.74) is 6.07. The van der Waals surface area contributed by atoms with E-state index in [0.717, 1.165) is 39.2 Å². The second-order valence-electron chi connectivity index (χ2n) is 7.50. The van der Waals surface area contributed by atoms with Crippen LogP contribution in [0.15, 0.2) is 84.9 Å². The first-order valence-corrected chi connectivity index (χ1v) is 10.1. The van der Waals surface area contributed by atoms with Gasteiger partial charge in [-0.3, -0.25) is 4.57 Å². The summed E-state index contributed by atoms with van der Waals surface area (Å²) in [5.74, 6) is 2.15. The van der Waals surface area contributed by atoms with Crippen LogP contribution < -0.4 is 4.74 Å². The lowest BCUT2D eigenvalue weighted by Crippen LogP contribution is -1.95. The van der Waals surface area contributed by atoms with Crippen molar-refractivity contribution in [2.45, 2.75) is 0 Å². The van der Waals surface area contributed by atoms with Gasteiger partial charge < -0.3 is 4.74 Å². The van der Waals surface area contributed by atoms with Crippen LogP contribution in [0.2, 0.25) is 0 Å². The van der Waals surface area contributed by atoms with E-state index in [4.69, 9.17) is 16.3 Å². The van der Waals surface area contributed by atoms with Crippen molar-refractivity contribution < 1.29 is 4.74 Å². The molecule has 5 aromatic rings. The third-order valence-corrected chi connectivity index (χ3v) is 5.62. The van der Waals surface area contributed by atoms with Crippen molar-refractivity contribution in [2.75, 3.05) is 0 Å². The first-order valence-electron chi connectivity index (χ1n) is 10.1. The molecular formula is C27H14N4O. The Kier molecular flexibility index (Phi) is 3.83. The fourth-order valence-corrected chi connectivity index (χ4v) is 4.23. The fraction of sp³-hybridized carbons (Fsp3) is 0. The lowest BCUT2D eigenvalue weighted by molar-refractivity contribution is 0.487. The van der Waals surface area contributed by atoms with E-state index in [0.29, 0.717) is 22.7 Å². The van der Waals surface area contributed by atoms with Crippen molar-refractivity contribution in [1.29, 1.82) is 5.26 Å². The highest BCUT2D eigenvalue weighted by Gasteiger charge is 2.26. The first-order chi connectivity index (χ1) is 15.8. The number of aromatic nitrogens is 2. The molecule has 4 aromatic carbocycles. The molecule has 0 saturated heterocycles. The number of rotatable bonds is 1. The third kappa shape index (κ3) is 2.59. The SMILES string of the molecule is [C-]#[N+]c1cc(C#N)cc(-c2cccc3c2Oc2ccccc2-n2c-3nc3ccccc32)c1. The number of imidazole rings is 1. The zero-order valence-corrected chi connectivity index (χ0v) is 16.8. The predicted octanol–water partition coefficient (Wildman–Crippen LogP) is 6.89. The van der Waals surface area contributed by atoms with Crippen LogP contribution in [-0.2, 0) is 0 Å². The quantitative estimate of drug-likeness (QED) is 0.277. The van der Waals surface area contributed by atoms with Gasteiger partial charge in [0, 0.05) is 11.1 Å². The molecule has 0 amide bonds. The number of nitrogens with zero attached hydrogens (tertiary/aromatic N) is 4. The molecule has 0 fully saturated rings. The topological polar surface area (TPSA) is 55.2 Å². The summed E-state index contributed by atoms with van der Waals surface area (Å²) in [5, 5.41) is 9.46. The summed E-state index contributed by atoms with van der Waals surface area (Å²) in [6.07, 6.45) is 0. The molecule has 2 heterocycles. The Morgan fingerprint density at radius 3 is 2.59 bits per heavy atom. The van der Waals surface area contributed by atoms with Crippen molar-refractivity contribution >= 4 is 16.7 Å². The number of benzene rings is 4. The molecule has 0 bridgehead atoms. The standard InChI is InChI=1S/C27H14N4O/c1-29-19-14-17(16-28)13-18(15-19)20-7-6-8-21-26(20)32-25-12-5-4-11-24(25)31-23-10-3-2-9-22(23)30-27(21)31/h2-15H. The van der Waals surface area contributed by atoms with Gasteiger partial charge in [-0.05, 0) is 54.1 Å². The van der Waals surface area contributed by atoms with E-state index in [1.807, 2.05) is 60.7 Å². The van der Waals surface area contributed by atoms with Crippen LogP contribution >= 0.6 is 0 Å². The number of hydrogen-bond acceptors (Lipinski definition) is 3. The van der Waals surface area contributed by atoms with Crippen molar-refractivity contribution in [3.8, 4) is 45.8 Å². The molecule has 0 radical (unpaired) electrons. The fourth-order valence-electron chi connectivity index (χ4n) is 4.23.